The molecule has 15 heavy (non-hydrogen) atoms. The number of aliphatic hydroxyl groups is 1. The lowest BCUT2D eigenvalue weighted by Gasteiger charge is -2.15. The lowest BCUT2D eigenvalue weighted by Crippen LogP contribution is -2.12. The molecule has 0 aliphatic heterocycles. The highest BCUT2D eigenvalue weighted by atomic mass is 79.9. The minimum Gasteiger partial charge on any atom is -0.386 e. The number of ether oxygens (including phenoxy) is 1. The van der Waals surface area contributed by atoms with E-state index >= 15 is 0 Å². The summed E-state index contributed by atoms with van der Waals surface area (Å²) in [6.07, 6.45) is -0.455. The monoisotopic (exact) mass is 336 g/mol. The van der Waals surface area contributed by atoms with Gasteiger partial charge in [-0.05, 0) is 31.5 Å². The van der Waals surface area contributed by atoms with Gasteiger partial charge in [0.2, 0.25) is 0 Å². The zero-order valence-electron chi connectivity index (χ0n) is 8.71. The molecule has 2 nitrogen and oxygen atoms in total. The van der Waals surface area contributed by atoms with Gasteiger partial charge in [-0.1, -0.05) is 37.9 Å². The fourth-order valence-electron chi connectivity index (χ4n) is 1.15. The quantitative estimate of drug-likeness (QED) is 0.908. The number of benzene rings is 1. The van der Waals surface area contributed by atoms with Gasteiger partial charge in [-0.2, -0.15) is 0 Å². The summed E-state index contributed by atoms with van der Waals surface area (Å²) in [5.74, 6) is 0. The summed E-state index contributed by atoms with van der Waals surface area (Å²) in [7, 11) is 0. The van der Waals surface area contributed by atoms with Crippen LogP contribution in [0.2, 0.25) is 0 Å². The average molecular weight is 338 g/mol. The van der Waals surface area contributed by atoms with Gasteiger partial charge in [0.15, 0.2) is 0 Å². The third-order valence-electron chi connectivity index (χ3n) is 1.91. The van der Waals surface area contributed by atoms with E-state index in [9.17, 15) is 5.11 Å². The third kappa shape index (κ3) is 4.23. The Morgan fingerprint density at radius 2 is 2.00 bits per heavy atom. The molecule has 4 heteroatoms. The van der Waals surface area contributed by atoms with Crippen molar-refractivity contribution >= 4 is 31.9 Å². The van der Waals surface area contributed by atoms with Gasteiger partial charge in [0, 0.05) is 8.95 Å². The van der Waals surface area contributed by atoms with Crippen molar-refractivity contribution in [3.8, 4) is 0 Å². The Labute approximate surface area is 107 Å². The van der Waals surface area contributed by atoms with Crippen molar-refractivity contribution in [1.29, 1.82) is 0 Å². The number of halogens is 2. The molecule has 0 saturated carbocycles. The molecular weight excluding hydrogens is 324 g/mol. The molecule has 1 unspecified atom stereocenters. The fraction of sp³-hybridized carbons (Fsp3) is 0.455. The second kappa shape index (κ2) is 5.99. The van der Waals surface area contributed by atoms with Crippen LogP contribution in [-0.2, 0) is 4.74 Å². The smallest absolute Gasteiger partial charge is 0.103 e. The topological polar surface area (TPSA) is 29.5 Å². The van der Waals surface area contributed by atoms with E-state index in [1.807, 2.05) is 32.0 Å². The highest BCUT2D eigenvalue weighted by Crippen LogP contribution is 2.27. The molecule has 0 aromatic heterocycles. The number of rotatable bonds is 4. The van der Waals surface area contributed by atoms with Gasteiger partial charge in [-0.25, -0.2) is 0 Å². The second-order valence-corrected chi connectivity index (χ2v) is 5.33. The van der Waals surface area contributed by atoms with E-state index in [1.54, 1.807) is 0 Å². The van der Waals surface area contributed by atoms with E-state index in [2.05, 4.69) is 31.9 Å². The molecule has 1 atom stereocenters. The van der Waals surface area contributed by atoms with Crippen LogP contribution in [0.1, 0.15) is 25.5 Å². The zero-order valence-corrected chi connectivity index (χ0v) is 11.9. The maximum Gasteiger partial charge on any atom is 0.103 e. The second-order valence-electron chi connectivity index (χ2n) is 3.56. The molecule has 0 amide bonds. The molecular formula is C11H14Br2O2. The van der Waals surface area contributed by atoms with Crippen molar-refractivity contribution in [2.24, 2.45) is 0 Å². The minimum absolute atomic E-state index is 0.133. The van der Waals surface area contributed by atoms with Crippen LogP contribution in [0.15, 0.2) is 27.1 Å². The number of hydrogen-bond donors (Lipinski definition) is 1. The first kappa shape index (κ1) is 13.2. The predicted molar refractivity (Wildman–Crippen MR) is 67.9 cm³/mol. The van der Waals surface area contributed by atoms with Gasteiger partial charge in [0.25, 0.3) is 0 Å². The lowest BCUT2D eigenvalue weighted by molar-refractivity contribution is 0.00465. The molecule has 0 radical (unpaired) electrons. The maximum absolute atomic E-state index is 9.87. The number of hydrogen-bond acceptors (Lipinski definition) is 2. The molecule has 0 spiro atoms. The Morgan fingerprint density at radius 3 is 2.53 bits per heavy atom. The average Bonchev–Trinajstić information content (AvgIpc) is 2.14. The standard InChI is InChI=1S/C11H14Br2O2/c1-7(2)15-6-11(14)9-4-3-8(12)5-10(9)13/h3-5,7,11,14H,6H2,1-2H3. The zero-order chi connectivity index (χ0) is 11.4. The van der Waals surface area contributed by atoms with Crippen LogP contribution in [0.5, 0.6) is 0 Å². The first-order chi connectivity index (χ1) is 7.00. The first-order valence-electron chi connectivity index (χ1n) is 4.75. The molecule has 1 aromatic carbocycles. The molecule has 0 heterocycles. The van der Waals surface area contributed by atoms with E-state index in [0.717, 1.165) is 14.5 Å². The van der Waals surface area contributed by atoms with Crippen LogP contribution in [0.25, 0.3) is 0 Å². The summed E-state index contributed by atoms with van der Waals surface area (Å²) in [4.78, 5) is 0. The van der Waals surface area contributed by atoms with Gasteiger partial charge in [0.05, 0.1) is 12.7 Å². The van der Waals surface area contributed by atoms with E-state index in [0.29, 0.717) is 6.61 Å². The van der Waals surface area contributed by atoms with Crippen molar-refractivity contribution in [2.45, 2.75) is 26.1 Å². The van der Waals surface area contributed by atoms with Crippen LogP contribution in [-0.4, -0.2) is 17.8 Å². The molecule has 0 bridgehead atoms. The molecule has 84 valence electrons. The molecule has 0 fully saturated rings. The highest BCUT2D eigenvalue weighted by Gasteiger charge is 2.12. The van der Waals surface area contributed by atoms with E-state index in [4.69, 9.17) is 4.74 Å². The summed E-state index contributed by atoms with van der Waals surface area (Å²) in [5.41, 5.74) is 0.846. The van der Waals surface area contributed by atoms with Crippen LogP contribution in [0.3, 0.4) is 0 Å². The van der Waals surface area contributed by atoms with E-state index < -0.39 is 6.10 Å². The van der Waals surface area contributed by atoms with Gasteiger partial charge in [-0.3, -0.25) is 0 Å². The van der Waals surface area contributed by atoms with E-state index in [1.165, 1.54) is 0 Å². The number of aliphatic hydroxyl groups excluding tert-OH is 1. The molecule has 1 aromatic rings. The van der Waals surface area contributed by atoms with Crippen molar-refractivity contribution in [3.05, 3.63) is 32.7 Å². The normalized spacial score (nSPS) is 13.2. The summed E-state index contributed by atoms with van der Waals surface area (Å²) >= 11 is 6.77. The van der Waals surface area contributed by atoms with Crippen molar-refractivity contribution in [2.75, 3.05) is 6.61 Å². The summed E-state index contributed by atoms with van der Waals surface area (Å²) in [6, 6.07) is 5.69. The fourth-order valence-corrected chi connectivity index (χ4v) is 2.46. The van der Waals surface area contributed by atoms with Crippen LogP contribution < -0.4 is 0 Å². The maximum atomic E-state index is 9.87. The van der Waals surface area contributed by atoms with Crippen LogP contribution in [0.4, 0.5) is 0 Å². The summed E-state index contributed by atoms with van der Waals surface area (Å²) in [6.45, 7) is 4.21. The van der Waals surface area contributed by atoms with Gasteiger partial charge in [-0.15, -0.1) is 0 Å². The Bertz CT molecular complexity index is 326. The lowest BCUT2D eigenvalue weighted by atomic mass is 10.1. The van der Waals surface area contributed by atoms with Crippen LogP contribution >= 0.6 is 31.9 Å². The SMILES string of the molecule is CC(C)OCC(O)c1ccc(Br)cc1Br. The molecule has 1 N–H and O–H groups in total. The summed E-state index contributed by atoms with van der Waals surface area (Å²) in [5, 5.41) is 9.87. The largest absolute Gasteiger partial charge is 0.386 e. The third-order valence-corrected chi connectivity index (χ3v) is 3.09. The van der Waals surface area contributed by atoms with Crippen molar-refractivity contribution in [3.63, 3.8) is 0 Å². The minimum atomic E-state index is -0.588. The Morgan fingerprint density at radius 1 is 1.33 bits per heavy atom. The summed E-state index contributed by atoms with van der Waals surface area (Å²) < 4.78 is 7.23. The molecule has 1 rings (SSSR count). The Kier molecular flexibility index (Phi) is 5.26. The van der Waals surface area contributed by atoms with Gasteiger partial charge in [0.1, 0.15) is 6.10 Å². The van der Waals surface area contributed by atoms with Gasteiger partial charge < -0.3 is 9.84 Å². The highest BCUT2D eigenvalue weighted by molar-refractivity contribution is 9.11. The Hall–Kier alpha value is 0.1000. The first-order valence-corrected chi connectivity index (χ1v) is 6.34. The van der Waals surface area contributed by atoms with Crippen molar-refractivity contribution < 1.29 is 9.84 Å². The van der Waals surface area contributed by atoms with Crippen molar-refractivity contribution in [1.82, 2.24) is 0 Å². The molecule has 0 aliphatic rings. The Balaban J connectivity index is 2.69. The van der Waals surface area contributed by atoms with E-state index in [-0.39, 0.29) is 6.10 Å². The predicted octanol–water partition coefficient (Wildman–Crippen LogP) is 3.67. The molecule has 0 aliphatic carbocycles. The molecule has 0 saturated heterocycles. The van der Waals surface area contributed by atoms with Crippen LogP contribution in [0, 0.1) is 0 Å². The van der Waals surface area contributed by atoms with Gasteiger partial charge >= 0.3 is 0 Å².